The van der Waals surface area contributed by atoms with E-state index in [1.54, 1.807) is 18.2 Å². The van der Waals surface area contributed by atoms with Crippen LogP contribution in [0.25, 0.3) is 11.0 Å². The lowest BCUT2D eigenvalue weighted by Crippen LogP contribution is -2.28. The third-order valence-electron chi connectivity index (χ3n) is 3.42. The average Bonchev–Trinajstić information content (AvgIpc) is 2.47. The number of aliphatic hydroxyl groups is 1. The van der Waals surface area contributed by atoms with Gasteiger partial charge in [-0.05, 0) is 30.2 Å². The molecule has 0 aliphatic rings. The highest BCUT2D eigenvalue weighted by Crippen LogP contribution is 2.24. The number of benzene rings is 2. The maximum atomic E-state index is 11.4. The van der Waals surface area contributed by atoms with Gasteiger partial charge in [0, 0.05) is 0 Å². The monoisotopic (exact) mass is 282 g/mol. The fourth-order valence-electron chi connectivity index (χ4n) is 2.34. The molecule has 3 N–H and O–H groups in total. The summed E-state index contributed by atoms with van der Waals surface area (Å²) in [6, 6.07) is 12.7. The van der Waals surface area contributed by atoms with E-state index in [2.05, 4.69) is 9.97 Å². The summed E-state index contributed by atoms with van der Waals surface area (Å²) in [5.74, 6) is 0. The van der Waals surface area contributed by atoms with Gasteiger partial charge in [0.15, 0.2) is 0 Å². The normalized spacial score (nSPS) is 12.5. The van der Waals surface area contributed by atoms with Gasteiger partial charge in [-0.3, -0.25) is 9.59 Å². The minimum absolute atomic E-state index is 0.490. The van der Waals surface area contributed by atoms with E-state index in [1.165, 1.54) is 0 Å². The Hall–Kier alpha value is -2.66. The number of nitrogens with one attached hydrogen (secondary N) is 2. The number of hydrogen-bond acceptors (Lipinski definition) is 3. The van der Waals surface area contributed by atoms with E-state index in [1.807, 2.05) is 31.2 Å². The van der Waals surface area contributed by atoms with Crippen LogP contribution in [0.1, 0.15) is 22.8 Å². The molecule has 2 aromatic carbocycles. The average molecular weight is 282 g/mol. The quantitative estimate of drug-likeness (QED) is 0.624. The minimum atomic E-state index is -0.787. The van der Waals surface area contributed by atoms with Crippen LogP contribution < -0.4 is 11.1 Å². The number of rotatable bonds is 2. The highest BCUT2D eigenvalue weighted by Gasteiger charge is 2.11. The smallest absolute Gasteiger partial charge is 0.314 e. The lowest BCUT2D eigenvalue weighted by Gasteiger charge is -2.12. The maximum absolute atomic E-state index is 11.4. The molecule has 106 valence electrons. The first kappa shape index (κ1) is 13.3. The number of aliphatic hydroxyl groups excluding tert-OH is 1. The van der Waals surface area contributed by atoms with Crippen LogP contribution in [-0.2, 0) is 0 Å². The van der Waals surface area contributed by atoms with E-state index in [4.69, 9.17) is 0 Å². The van der Waals surface area contributed by atoms with Gasteiger partial charge in [-0.25, -0.2) is 0 Å². The lowest BCUT2D eigenvalue weighted by atomic mass is 9.99. The zero-order chi connectivity index (χ0) is 15.0. The van der Waals surface area contributed by atoms with Gasteiger partial charge in [-0.2, -0.15) is 0 Å². The molecule has 5 heteroatoms. The van der Waals surface area contributed by atoms with Crippen molar-refractivity contribution in [2.24, 2.45) is 0 Å². The van der Waals surface area contributed by atoms with Crippen molar-refractivity contribution in [2.45, 2.75) is 13.0 Å². The topological polar surface area (TPSA) is 85.9 Å². The fraction of sp³-hybridized carbons (Fsp3) is 0.125. The van der Waals surface area contributed by atoms with Gasteiger partial charge in [0.1, 0.15) is 6.10 Å². The summed E-state index contributed by atoms with van der Waals surface area (Å²) in [5.41, 5.74) is 2.12. The maximum Gasteiger partial charge on any atom is 0.314 e. The van der Waals surface area contributed by atoms with Crippen LogP contribution in [0.4, 0.5) is 0 Å². The number of aromatic nitrogens is 2. The number of aromatic amines is 2. The first-order valence-corrected chi connectivity index (χ1v) is 6.55. The number of aryl methyl sites for hydroxylation is 1. The SMILES string of the molecule is Cc1cccc(C(O)c2ccc3[nH]c(=O)c(=O)[nH]c3c2)c1. The molecule has 0 radical (unpaired) electrons. The second-order valence-electron chi connectivity index (χ2n) is 5.03. The summed E-state index contributed by atoms with van der Waals surface area (Å²) in [6.07, 6.45) is -0.787. The summed E-state index contributed by atoms with van der Waals surface area (Å²) < 4.78 is 0. The molecular formula is C16H14N2O3. The predicted octanol–water partition coefficient (Wildman–Crippen LogP) is 1.61. The molecule has 0 saturated heterocycles. The Morgan fingerprint density at radius 2 is 1.57 bits per heavy atom. The third-order valence-corrected chi connectivity index (χ3v) is 3.42. The largest absolute Gasteiger partial charge is 0.384 e. The van der Waals surface area contributed by atoms with Crippen LogP contribution in [0.5, 0.6) is 0 Å². The van der Waals surface area contributed by atoms with Gasteiger partial charge >= 0.3 is 11.1 Å². The van der Waals surface area contributed by atoms with Gasteiger partial charge in [-0.1, -0.05) is 35.9 Å². The fourth-order valence-corrected chi connectivity index (χ4v) is 2.34. The molecule has 0 amide bonds. The molecule has 0 bridgehead atoms. The predicted molar refractivity (Wildman–Crippen MR) is 80.4 cm³/mol. The molecule has 0 aliphatic heterocycles. The highest BCUT2D eigenvalue weighted by atomic mass is 16.3. The van der Waals surface area contributed by atoms with Gasteiger partial charge in [0.05, 0.1) is 11.0 Å². The molecule has 3 aromatic rings. The van der Waals surface area contributed by atoms with E-state index in [0.29, 0.717) is 16.6 Å². The Bertz CT molecular complexity index is 924. The van der Waals surface area contributed by atoms with Crippen molar-refractivity contribution in [3.8, 4) is 0 Å². The van der Waals surface area contributed by atoms with Crippen molar-refractivity contribution in [1.82, 2.24) is 9.97 Å². The molecule has 5 nitrogen and oxygen atoms in total. The van der Waals surface area contributed by atoms with Gasteiger partial charge in [-0.15, -0.1) is 0 Å². The van der Waals surface area contributed by atoms with Crippen molar-refractivity contribution in [1.29, 1.82) is 0 Å². The van der Waals surface area contributed by atoms with E-state index in [9.17, 15) is 14.7 Å². The molecule has 1 heterocycles. The second-order valence-corrected chi connectivity index (χ2v) is 5.03. The first-order chi connectivity index (χ1) is 10.0. The van der Waals surface area contributed by atoms with E-state index in [0.717, 1.165) is 11.1 Å². The molecule has 1 aromatic heterocycles. The van der Waals surface area contributed by atoms with Crippen molar-refractivity contribution in [2.75, 3.05) is 0 Å². The van der Waals surface area contributed by atoms with Crippen molar-refractivity contribution in [3.63, 3.8) is 0 Å². The number of H-pyrrole nitrogens is 2. The third kappa shape index (κ3) is 2.51. The van der Waals surface area contributed by atoms with Crippen molar-refractivity contribution < 1.29 is 5.11 Å². The number of hydrogen-bond donors (Lipinski definition) is 3. The minimum Gasteiger partial charge on any atom is -0.384 e. The summed E-state index contributed by atoms with van der Waals surface area (Å²) in [4.78, 5) is 27.6. The Morgan fingerprint density at radius 3 is 2.29 bits per heavy atom. The molecule has 0 aliphatic carbocycles. The van der Waals surface area contributed by atoms with Gasteiger partial charge in [0.25, 0.3) is 0 Å². The van der Waals surface area contributed by atoms with Crippen LogP contribution in [-0.4, -0.2) is 15.1 Å². The van der Waals surface area contributed by atoms with E-state index < -0.39 is 17.2 Å². The van der Waals surface area contributed by atoms with Crippen LogP contribution in [0.3, 0.4) is 0 Å². The summed E-state index contributed by atoms with van der Waals surface area (Å²) in [5, 5.41) is 10.4. The Morgan fingerprint density at radius 1 is 0.905 bits per heavy atom. The Labute approximate surface area is 119 Å². The standard InChI is InChI=1S/C16H14N2O3/c1-9-3-2-4-10(7-9)14(19)11-5-6-12-13(8-11)18-16(21)15(20)17-12/h2-8,14,19H,1H3,(H,17,20)(H,18,21). The zero-order valence-electron chi connectivity index (χ0n) is 11.4. The summed E-state index contributed by atoms with van der Waals surface area (Å²) in [6.45, 7) is 1.96. The van der Waals surface area contributed by atoms with Gasteiger partial charge in [0.2, 0.25) is 0 Å². The molecule has 1 atom stereocenters. The van der Waals surface area contributed by atoms with E-state index in [-0.39, 0.29) is 0 Å². The van der Waals surface area contributed by atoms with Crippen LogP contribution >= 0.6 is 0 Å². The number of fused-ring (bicyclic) bond motifs is 1. The summed E-state index contributed by atoms with van der Waals surface area (Å²) in [7, 11) is 0. The van der Waals surface area contributed by atoms with Crippen LogP contribution in [0.2, 0.25) is 0 Å². The molecule has 1 unspecified atom stereocenters. The van der Waals surface area contributed by atoms with Crippen LogP contribution in [0, 0.1) is 6.92 Å². The molecule has 0 spiro atoms. The molecule has 3 rings (SSSR count). The van der Waals surface area contributed by atoms with Crippen molar-refractivity contribution >= 4 is 11.0 Å². The Kier molecular flexibility index (Phi) is 3.19. The molecule has 0 fully saturated rings. The Balaban J connectivity index is 2.10. The highest BCUT2D eigenvalue weighted by molar-refractivity contribution is 5.74. The molecular weight excluding hydrogens is 268 g/mol. The van der Waals surface area contributed by atoms with E-state index >= 15 is 0 Å². The molecule has 21 heavy (non-hydrogen) atoms. The lowest BCUT2D eigenvalue weighted by molar-refractivity contribution is 0.220. The zero-order valence-corrected chi connectivity index (χ0v) is 11.4. The summed E-state index contributed by atoms with van der Waals surface area (Å²) >= 11 is 0. The second kappa shape index (κ2) is 5.03. The van der Waals surface area contributed by atoms with Crippen molar-refractivity contribution in [3.05, 3.63) is 79.9 Å². The first-order valence-electron chi connectivity index (χ1n) is 6.55. The van der Waals surface area contributed by atoms with Crippen LogP contribution in [0.15, 0.2) is 52.1 Å². The van der Waals surface area contributed by atoms with Gasteiger partial charge < -0.3 is 15.1 Å². The molecule has 0 saturated carbocycles.